The number of hydrazone groups is 1. The van der Waals surface area contributed by atoms with Gasteiger partial charge in [-0.2, -0.15) is 5.10 Å². The van der Waals surface area contributed by atoms with Crippen molar-refractivity contribution in [3.05, 3.63) is 107 Å². The van der Waals surface area contributed by atoms with Crippen LogP contribution in [0.2, 0.25) is 0 Å². The van der Waals surface area contributed by atoms with Crippen molar-refractivity contribution in [1.82, 2.24) is 15.6 Å². The summed E-state index contributed by atoms with van der Waals surface area (Å²) in [6.45, 7) is 4.55. The number of nitrogens with two attached hydrogens (primary N) is 3. The van der Waals surface area contributed by atoms with Gasteiger partial charge in [0.25, 0.3) is 0 Å². The van der Waals surface area contributed by atoms with Crippen LogP contribution in [0.5, 0.6) is 11.5 Å². The van der Waals surface area contributed by atoms with Gasteiger partial charge >= 0.3 is 0 Å². The lowest BCUT2D eigenvalue weighted by molar-refractivity contribution is -0.142. The zero-order chi connectivity index (χ0) is 45.0. The number of carbonyl (C=O) groups excluding carboxylic acids is 5. The van der Waals surface area contributed by atoms with Crippen LogP contribution in [0.4, 0.5) is 0 Å². The molecule has 4 aromatic carbocycles. The van der Waals surface area contributed by atoms with Gasteiger partial charge in [-0.25, -0.2) is 5.43 Å². The van der Waals surface area contributed by atoms with Gasteiger partial charge in [-0.3, -0.25) is 24.0 Å². The first-order valence-electron chi connectivity index (χ1n) is 21.7. The Kier molecular flexibility index (Phi) is 16.0. The first-order valence-corrected chi connectivity index (χ1v) is 21.7. The van der Waals surface area contributed by atoms with Crippen molar-refractivity contribution in [3.63, 3.8) is 0 Å². The molecule has 2 aliphatic rings. The molecule has 63 heavy (non-hydrogen) atoms. The molecule has 14 heteroatoms. The van der Waals surface area contributed by atoms with Crippen LogP contribution in [0.15, 0.2) is 90.0 Å². The number of hydrogen-bond acceptors (Lipinski definition) is 11. The highest BCUT2D eigenvalue weighted by atomic mass is 16.5. The second kappa shape index (κ2) is 21.7. The average Bonchev–Trinajstić information content (AvgIpc) is 3.74. The van der Waals surface area contributed by atoms with E-state index in [0.29, 0.717) is 39.5 Å². The number of ketones is 2. The van der Waals surface area contributed by atoms with Gasteiger partial charge in [-0.1, -0.05) is 80.9 Å². The van der Waals surface area contributed by atoms with Crippen molar-refractivity contribution >= 4 is 35.0 Å². The molecule has 0 fully saturated rings. The highest BCUT2D eigenvalue weighted by molar-refractivity contribution is 6.08. The maximum Gasteiger partial charge on any atom is 0.245 e. The number of benzene rings is 4. The van der Waals surface area contributed by atoms with E-state index in [1.54, 1.807) is 43.3 Å². The zero-order valence-corrected chi connectivity index (χ0v) is 36.4. The molecule has 8 N–H and O–H groups in total. The van der Waals surface area contributed by atoms with E-state index >= 15 is 0 Å². The Morgan fingerprint density at radius 3 is 2.08 bits per heavy atom. The Labute approximate surface area is 368 Å². The minimum Gasteiger partial charge on any atom is -0.492 e. The van der Waals surface area contributed by atoms with Gasteiger partial charge in [0.1, 0.15) is 30.8 Å². The number of nitrogens with zero attached hydrogens (tertiary/aromatic N) is 2. The number of aryl methyl sites for hydroxylation is 1. The number of fused-ring (bicyclic) bond motifs is 5. The summed E-state index contributed by atoms with van der Waals surface area (Å²) in [6.07, 6.45) is 3.16. The quantitative estimate of drug-likeness (QED) is 0.0905. The highest BCUT2D eigenvalue weighted by Gasteiger charge is 2.36. The minimum absolute atomic E-state index is 0.000665. The standard InChI is InChI=1S/C49H59N7O7/c1-4-5-6-31-7-10-33(11-8-31)34-12-14-35(15-13-34)42(57)27-37(29-52)49(61)56(3)47-36-16-18-45(63-22-20-51)39(26-36)38-24-32(9-17-44(38)62-21-19-50)25-40(41-28-46(59)55-54-41)53-48(60)30(2)23-43(47)58/h7-18,24,26,30,37,40,47H,4-6,19-23,25,27-29,50-52H2,1-3H3,(H,53,60)(H,55,59)/t30-,37+,40+,47+/m1/s1. The second-order valence-electron chi connectivity index (χ2n) is 16.3. The van der Waals surface area contributed by atoms with Crippen LogP contribution in [0.1, 0.15) is 79.0 Å². The van der Waals surface area contributed by atoms with Crippen LogP contribution in [-0.4, -0.2) is 85.8 Å². The lowest BCUT2D eigenvalue weighted by Gasteiger charge is -2.32. The van der Waals surface area contributed by atoms with Crippen LogP contribution >= 0.6 is 0 Å². The highest BCUT2D eigenvalue weighted by Crippen LogP contribution is 2.41. The van der Waals surface area contributed by atoms with Crippen molar-refractivity contribution in [3.8, 4) is 33.8 Å². The lowest BCUT2D eigenvalue weighted by atomic mass is 9.88. The first-order chi connectivity index (χ1) is 30.4. The lowest BCUT2D eigenvalue weighted by Crippen LogP contribution is -2.46. The third-order valence-electron chi connectivity index (χ3n) is 11.6. The molecule has 0 radical (unpaired) electrons. The summed E-state index contributed by atoms with van der Waals surface area (Å²) < 4.78 is 12.3. The number of hydrogen-bond donors (Lipinski definition) is 5. The third-order valence-corrected chi connectivity index (χ3v) is 11.6. The number of ether oxygens (including phenoxy) is 2. The molecule has 14 nitrogen and oxygen atoms in total. The summed E-state index contributed by atoms with van der Waals surface area (Å²) >= 11 is 0. The van der Waals surface area contributed by atoms with Gasteiger partial charge in [0.05, 0.1) is 24.1 Å². The molecule has 0 aliphatic carbocycles. The Bertz CT molecular complexity index is 2310. The average molecular weight is 858 g/mol. The van der Waals surface area contributed by atoms with Crippen LogP contribution in [0, 0.1) is 11.8 Å². The topological polar surface area (TPSA) is 222 Å². The van der Waals surface area contributed by atoms with Crippen molar-refractivity contribution in [2.75, 3.05) is 39.9 Å². The predicted octanol–water partition coefficient (Wildman–Crippen LogP) is 4.90. The van der Waals surface area contributed by atoms with Gasteiger partial charge in [-0.15, -0.1) is 0 Å². The van der Waals surface area contributed by atoms with E-state index in [4.69, 9.17) is 26.7 Å². The van der Waals surface area contributed by atoms with Gasteiger partial charge in [0.15, 0.2) is 11.6 Å². The summed E-state index contributed by atoms with van der Waals surface area (Å²) in [4.78, 5) is 70.3. The first kappa shape index (κ1) is 46.3. The van der Waals surface area contributed by atoms with E-state index < -0.39 is 41.5 Å². The van der Waals surface area contributed by atoms with Crippen LogP contribution in [-0.2, 0) is 32.0 Å². The maximum absolute atomic E-state index is 14.6. The molecule has 6 rings (SSSR count). The number of carbonyl (C=O) groups is 5. The Morgan fingerprint density at radius 2 is 1.48 bits per heavy atom. The SMILES string of the molecule is CCCCc1ccc(-c2ccc(C(=O)C[C@@H](CN)C(=O)N(C)[C@@H]3C(=O)C[C@@H](C)C(=O)N[C@H](C4=NNC(=O)C4)Cc4ccc(OCCN)c(c4)-c4cc3ccc4OCCN)cc2)cc1. The molecule has 0 unspecified atom stereocenters. The fraction of sp³-hybridized carbons (Fsp3) is 0.388. The number of rotatable bonds is 17. The van der Waals surface area contributed by atoms with Crippen LogP contribution in [0.3, 0.4) is 0 Å². The summed E-state index contributed by atoms with van der Waals surface area (Å²) in [5.74, 6) is -2.74. The van der Waals surface area contributed by atoms with Gasteiger partial charge in [0, 0.05) is 62.1 Å². The number of nitrogens with one attached hydrogen (secondary N) is 2. The van der Waals surface area contributed by atoms with Crippen LogP contribution in [0.25, 0.3) is 22.3 Å². The molecular formula is C49H59N7O7. The van der Waals surface area contributed by atoms with Crippen molar-refractivity contribution in [2.24, 2.45) is 34.1 Å². The smallest absolute Gasteiger partial charge is 0.245 e. The molecule has 4 bridgehead atoms. The second-order valence-corrected chi connectivity index (χ2v) is 16.3. The third kappa shape index (κ3) is 11.4. The van der Waals surface area contributed by atoms with Crippen molar-refractivity contribution in [2.45, 2.75) is 70.9 Å². The largest absolute Gasteiger partial charge is 0.492 e. The molecule has 2 aliphatic heterocycles. The minimum atomic E-state index is -1.19. The summed E-state index contributed by atoms with van der Waals surface area (Å²) in [5.41, 5.74) is 27.0. The van der Waals surface area contributed by atoms with Gasteiger partial charge in [-0.05, 0) is 71.3 Å². The van der Waals surface area contributed by atoms with Crippen molar-refractivity contribution < 1.29 is 33.4 Å². The molecule has 2 heterocycles. The summed E-state index contributed by atoms with van der Waals surface area (Å²) in [7, 11) is 1.52. The number of Topliss-reactive ketones (excluding diaryl/α,β-unsaturated/α-hetero) is 2. The van der Waals surface area contributed by atoms with E-state index in [1.807, 2.05) is 24.3 Å². The molecule has 3 amide bonds. The summed E-state index contributed by atoms with van der Waals surface area (Å²) in [6, 6.07) is 24.6. The fourth-order valence-electron chi connectivity index (χ4n) is 8.07. The molecule has 0 aromatic heterocycles. The molecule has 0 saturated heterocycles. The molecule has 0 saturated carbocycles. The maximum atomic E-state index is 14.6. The number of likely N-dealkylation sites (N-methyl/N-ethyl adjacent to an activating group) is 1. The van der Waals surface area contributed by atoms with E-state index in [-0.39, 0.29) is 70.2 Å². The number of amides is 3. The zero-order valence-electron chi connectivity index (χ0n) is 36.4. The summed E-state index contributed by atoms with van der Waals surface area (Å²) in [5, 5.41) is 7.24. The van der Waals surface area contributed by atoms with Crippen LogP contribution < -0.4 is 37.4 Å². The normalized spacial score (nSPS) is 18.1. The van der Waals surface area contributed by atoms with Gasteiger partial charge < -0.3 is 36.9 Å². The fourth-order valence-corrected chi connectivity index (χ4v) is 8.07. The van der Waals surface area contributed by atoms with E-state index in [0.717, 1.165) is 36.0 Å². The van der Waals surface area contributed by atoms with E-state index in [9.17, 15) is 24.0 Å². The van der Waals surface area contributed by atoms with Gasteiger partial charge in [0.2, 0.25) is 17.7 Å². The Morgan fingerprint density at radius 1 is 0.841 bits per heavy atom. The molecule has 4 atom stereocenters. The van der Waals surface area contributed by atoms with E-state index in [2.05, 4.69) is 47.0 Å². The predicted molar refractivity (Wildman–Crippen MR) is 243 cm³/mol. The Balaban J connectivity index is 1.34. The monoisotopic (exact) mass is 857 g/mol. The molecule has 332 valence electrons. The molecule has 0 spiro atoms. The van der Waals surface area contributed by atoms with E-state index in [1.165, 1.54) is 17.5 Å². The number of unbranched alkanes of at least 4 members (excludes halogenated alkanes) is 1. The molecule has 4 aromatic rings. The van der Waals surface area contributed by atoms with Crippen molar-refractivity contribution in [1.29, 1.82) is 0 Å². The molecular weight excluding hydrogens is 799 g/mol. The Hall–Kier alpha value is -6.22.